The lowest BCUT2D eigenvalue weighted by molar-refractivity contribution is 0.0525. The van der Waals surface area contributed by atoms with Crippen molar-refractivity contribution >= 4 is 11.8 Å². The number of ether oxygens (including phenoxy) is 2. The van der Waals surface area contributed by atoms with Crippen molar-refractivity contribution in [1.82, 2.24) is 4.98 Å². The monoisotopic (exact) mass is 266 g/mol. The van der Waals surface area contributed by atoms with Crippen LogP contribution in [0.25, 0.3) is 0 Å². The Morgan fingerprint density at radius 1 is 1.63 bits per heavy atom. The quantitative estimate of drug-likeness (QED) is 0.798. The third kappa shape index (κ3) is 3.21. The standard InChI is InChI=1S/C13H18N2O4/c1-2-19-13(17)10-3-4-12(14-7-10)15-5-6-18-9-11(15)8-16/h3-4,7,11,16H,2,5-6,8-9H2,1H3. The summed E-state index contributed by atoms with van der Waals surface area (Å²) in [5.41, 5.74) is 0.430. The molecule has 0 bridgehead atoms. The van der Waals surface area contributed by atoms with Gasteiger partial charge < -0.3 is 19.5 Å². The van der Waals surface area contributed by atoms with Gasteiger partial charge in [0.15, 0.2) is 0 Å². The van der Waals surface area contributed by atoms with E-state index in [2.05, 4.69) is 4.98 Å². The predicted octanol–water partition coefficient (Wildman–Crippen LogP) is 0.456. The molecule has 19 heavy (non-hydrogen) atoms. The van der Waals surface area contributed by atoms with Crippen LogP contribution in [0.2, 0.25) is 0 Å². The molecule has 6 heteroatoms. The summed E-state index contributed by atoms with van der Waals surface area (Å²) in [6, 6.07) is 3.36. The molecular formula is C13H18N2O4. The van der Waals surface area contributed by atoms with Crippen LogP contribution in [0.5, 0.6) is 0 Å². The SMILES string of the molecule is CCOC(=O)c1ccc(N2CCOCC2CO)nc1. The van der Waals surface area contributed by atoms with E-state index in [0.717, 1.165) is 5.82 Å². The van der Waals surface area contributed by atoms with Crippen LogP contribution < -0.4 is 4.90 Å². The smallest absolute Gasteiger partial charge is 0.339 e. The van der Waals surface area contributed by atoms with Gasteiger partial charge in [0, 0.05) is 12.7 Å². The van der Waals surface area contributed by atoms with Crippen molar-refractivity contribution in [3.63, 3.8) is 0 Å². The van der Waals surface area contributed by atoms with Crippen LogP contribution in [0.1, 0.15) is 17.3 Å². The van der Waals surface area contributed by atoms with Gasteiger partial charge in [0.1, 0.15) is 5.82 Å². The number of rotatable bonds is 4. The van der Waals surface area contributed by atoms with E-state index in [0.29, 0.717) is 31.9 Å². The Morgan fingerprint density at radius 2 is 2.47 bits per heavy atom. The first kappa shape index (κ1) is 13.8. The Balaban J connectivity index is 2.10. The molecule has 1 aliphatic rings. The van der Waals surface area contributed by atoms with Crippen molar-refractivity contribution in [3.8, 4) is 0 Å². The van der Waals surface area contributed by atoms with Crippen molar-refractivity contribution in [1.29, 1.82) is 0 Å². The molecule has 1 aromatic rings. The van der Waals surface area contributed by atoms with E-state index in [-0.39, 0.29) is 18.6 Å². The molecule has 0 spiro atoms. The number of carbonyl (C=O) groups excluding carboxylic acids is 1. The lowest BCUT2D eigenvalue weighted by Crippen LogP contribution is -2.48. The number of aliphatic hydroxyl groups is 1. The first-order chi connectivity index (χ1) is 9.26. The number of pyridine rings is 1. The van der Waals surface area contributed by atoms with Gasteiger partial charge in [-0.3, -0.25) is 0 Å². The fourth-order valence-corrected chi connectivity index (χ4v) is 2.00. The van der Waals surface area contributed by atoms with Crippen LogP contribution in [0.3, 0.4) is 0 Å². The van der Waals surface area contributed by atoms with E-state index >= 15 is 0 Å². The van der Waals surface area contributed by atoms with Gasteiger partial charge in [-0.05, 0) is 19.1 Å². The second kappa shape index (κ2) is 6.49. The molecule has 2 rings (SSSR count). The van der Waals surface area contributed by atoms with Gasteiger partial charge in [0.25, 0.3) is 0 Å². The zero-order chi connectivity index (χ0) is 13.7. The van der Waals surface area contributed by atoms with Gasteiger partial charge in [-0.15, -0.1) is 0 Å². The summed E-state index contributed by atoms with van der Waals surface area (Å²) in [4.78, 5) is 17.8. The minimum Gasteiger partial charge on any atom is -0.462 e. The molecule has 1 N–H and O–H groups in total. The Kier molecular flexibility index (Phi) is 4.70. The largest absolute Gasteiger partial charge is 0.462 e. The van der Waals surface area contributed by atoms with Crippen molar-refractivity contribution in [2.24, 2.45) is 0 Å². The minimum absolute atomic E-state index is 0.0152. The molecule has 1 aromatic heterocycles. The van der Waals surface area contributed by atoms with Gasteiger partial charge in [-0.25, -0.2) is 9.78 Å². The predicted molar refractivity (Wildman–Crippen MR) is 69.2 cm³/mol. The molecule has 0 amide bonds. The fraction of sp³-hybridized carbons (Fsp3) is 0.538. The van der Waals surface area contributed by atoms with E-state index in [1.165, 1.54) is 6.20 Å². The maximum absolute atomic E-state index is 11.5. The summed E-state index contributed by atoms with van der Waals surface area (Å²) < 4.78 is 10.2. The van der Waals surface area contributed by atoms with Crippen molar-refractivity contribution in [3.05, 3.63) is 23.9 Å². The first-order valence-corrected chi connectivity index (χ1v) is 6.34. The van der Waals surface area contributed by atoms with E-state index in [1.54, 1.807) is 19.1 Å². The van der Waals surface area contributed by atoms with Crippen LogP contribution in [-0.2, 0) is 9.47 Å². The topological polar surface area (TPSA) is 71.9 Å². The Morgan fingerprint density at radius 3 is 3.11 bits per heavy atom. The number of carbonyl (C=O) groups is 1. The summed E-state index contributed by atoms with van der Waals surface area (Å²) in [7, 11) is 0. The summed E-state index contributed by atoms with van der Waals surface area (Å²) in [6.45, 7) is 3.89. The molecule has 1 atom stereocenters. The highest BCUT2D eigenvalue weighted by atomic mass is 16.5. The molecule has 0 aromatic carbocycles. The lowest BCUT2D eigenvalue weighted by Gasteiger charge is -2.35. The second-order valence-corrected chi connectivity index (χ2v) is 4.23. The zero-order valence-electron chi connectivity index (χ0n) is 10.9. The Bertz CT molecular complexity index is 421. The van der Waals surface area contributed by atoms with Crippen molar-refractivity contribution in [2.75, 3.05) is 37.9 Å². The number of nitrogens with zero attached hydrogens (tertiary/aromatic N) is 2. The van der Waals surface area contributed by atoms with Gasteiger partial charge in [0.05, 0.1) is 38.0 Å². The number of morpholine rings is 1. The summed E-state index contributed by atoms with van der Waals surface area (Å²) in [5, 5.41) is 9.31. The van der Waals surface area contributed by atoms with Gasteiger partial charge in [-0.2, -0.15) is 0 Å². The summed E-state index contributed by atoms with van der Waals surface area (Å²) in [6.07, 6.45) is 1.50. The third-order valence-corrected chi connectivity index (χ3v) is 2.99. The molecule has 1 aliphatic heterocycles. The molecule has 2 heterocycles. The van der Waals surface area contributed by atoms with E-state index in [1.807, 2.05) is 4.90 Å². The van der Waals surface area contributed by atoms with E-state index < -0.39 is 0 Å². The molecule has 1 saturated heterocycles. The zero-order valence-corrected chi connectivity index (χ0v) is 10.9. The summed E-state index contributed by atoms with van der Waals surface area (Å²) in [5.74, 6) is 0.359. The second-order valence-electron chi connectivity index (χ2n) is 4.23. The number of hydrogen-bond acceptors (Lipinski definition) is 6. The minimum atomic E-state index is -0.373. The van der Waals surface area contributed by atoms with Crippen LogP contribution in [0, 0.1) is 0 Å². The third-order valence-electron chi connectivity index (χ3n) is 2.99. The van der Waals surface area contributed by atoms with Crippen LogP contribution >= 0.6 is 0 Å². The van der Waals surface area contributed by atoms with E-state index in [9.17, 15) is 9.90 Å². The highest BCUT2D eigenvalue weighted by molar-refractivity contribution is 5.89. The van der Waals surface area contributed by atoms with Crippen LogP contribution in [-0.4, -0.2) is 55.1 Å². The van der Waals surface area contributed by atoms with E-state index in [4.69, 9.17) is 9.47 Å². The van der Waals surface area contributed by atoms with Crippen LogP contribution in [0.4, 0.5) is 5.82 Å². The normalized spacial score (nSPS) is 19.3. The average molecular weight is 266 g/mol. The Labute approximate surface area is 112 Å². The van der Waals surface area contributed by atoms with Crippen molar-refractivity contribution < 1.29 is 19.4 Å². The molecule has 0 radical (unpaired) electrons. The highest BCUT2D eigenvalue weighted by Crippen LogP contribution is 2.17. The van der Waals surface area contributed by atoms with Gasteiger partial charge in [0.2, 0.25) is 0 Å². The maximum atomic E-state index is 11.5. The first-order valence-electron chi connectivity index (χ1n) is 6.34. The average Bonchev–Trinajstić information content (AvgIpc) is 2.47. The highest BCUT2D eigenvalue weighted by Gasteiger charge is 2.23. The number of esters is 1. The molecule has 1 unspecified atom stereocenters. The number of hydrogen-bond donors (Lipinski definition) is 1. The summed E-state index contributed by atoms with van der Waals surface area (Å²) >= 11 is 0. The molecular weight excluding hydrogens is 248 g/mol. The molecule has 104 valence electrons. The number of aliphatic hydroxyl groups excluding tert-OH is 1. The molecule has 0 saturated carbocycles. The number of aromatic nitrogens is 1. The maximum Gasteiger partial charge on any atom is 0.339 e. The van der Waals surface area contributed by atoms with Crippen LogP contribution in [0.15, 0.2) is 18.3 Å². The Hall–Kier alpha value is -1.66. The number of anilines is 1. The molecule has 6 nitrogen and oxygen atoms in total. The molecule has 1 fully saturated rings. The fourth-order valence-electron chi connectivity index (χ4n) is 2.00. The van der Waals surface area contributed by atoms with Gasteiger partial charge >= 0.3 is 5.97 Å². The van der Waals surface area contributed by atoms with Crippen molar-refractivity contribution in [2.45, 2.75) is 13.0 Å². The molecule has 0 aliphatic carbocycles. The lowest BCUT2D eigenvalue weighted by atomic mass is 10.2. The van der Waals surface area contributed by atoms with Gasteiger partial charge in [-0.1, -0.05) is 0 Å².